The van der Waals surface area contributed by atoms with Gasteiger partial charge in [-0.25, -0.2) is 14.5 Å². The second kappa shape index (κ2) is 7.71. The molecule has 4 aromatic rings. The highest BCUT2D eigenvalue weighted by Gasteiger charge is 2.31. The number of thiophene rings is 1. The lowest BCUT2D eigenvalue weighted by Crippen LogP contribution is -2.10. The predicted octanol–water partition coefficient (Wildman–Crippen LogP) is 4.06. The Balaban J connectivity index is 1.45. The van der Waals surface area contributed by atoms with Gasteiger partial charge in [0.15, 0.2) is 12.4 Å². The molecule has 0 aliphatic rings. The second-order valence-electron chi connectivity index (χ2n) is 6.03. The minimum atomic E-state index is -4.49. The molecule has 0 spiro atoms. The van der Waals surface area contributed by atoms with Crippen LogP contribution in [0.5, 0.6) is 0 Å². The van der Waals surface area contributed by atoms with E-state index in [1.807, 2.05) is 17.5 Å². The molecule has 0 aliphatic heterocycles. The SMILES string of the molecule is Cc1c(C(=O)OCc2noc(-c3cccs3)n2)cnn1-c1ccc(C(F)(F)F)cn1. The Morgan fingerprint density at radius 3 is 2.77 bits per heavy atom. The summed E-state index contributed by atoms with van der Waals surface area (Å²) in [6.45, 7) is 1.36. The Morgan fingerprint density at radius 1 is 1.27 bits per heavy atom. The first kappa shape index (κ1) is 19.8. The first-order chi connectivity index (χ1) is 14.3. The number of halogens is 3. The number of esters is 1. The molecule has 0 aromatic carbocycles. The normalized spacial score (nSPS) is 11.6. The van der Waals surface area contributed by atoms with Gasteiger partial charge in [-0.05, 0) is 30.5 Å². The largest absolute Gasteiger partial charge is 0.454 e. The van der Waals surface area contributed by atoms with E-state index >= 15 is 0 Å². The van der Waals surface area contributed by atoms with Gasteiger partial charge in [0.2, 0.25) is 5.82 Å². The summed E-state index contributed by atoms with van der Waals surface area (Å²) in [7, 11) is 0. The number of ether oxygens (including phenoxy) is 1. The molecule has 0 aliphatic carbocycles. The lowest BCUT2D eigenvalue weighted by Gasteiger charge is -2.08. The molecular weight excluding hydrogens is 423 g/mol. The minimum Gasteiger partial charge on any atom is -0.454 e. The third-order valence-electron chi connectivity index (χ3n) is 4.05. The highest BCUT2D eigenvalue weighted by molar-refractivity contribution is 7.13. The molecule has 0 fully saturated rings. The van der Waals surface area contributed by atoms with E-state index < -0.39 is 17.7 Å². The summed E-state index contributed by atoms with van der Waals surface area (Å²) in [6.07, 6.45) is -2.53. The summed E-state index contributed by atoms with van der Waals surface area (Å²) in [5.74, 6) is -0.0268. The van der Waals surface area contributed by atoms with Crippen LogP contribution in [0, 0.1) is 6.92 Å². The average Bonchev–Trinajstić information content (AvgIpc) is 3.46. The Morgan fingerprint density at radius 2 is 2.10 bits per heavy atom. The van der Waals surface area contributed by atoms with Crippen molar-refractivity contribution in [2.45, 2.75) is 19.7 Å². The number of carbonyl (C=O) groups excluding carboxylic acids is 1. The molecular formula is C18H12F3N5O3S. The van der Waals surface area contributed by atoms with E-state index in [2.05, 4.69) is 20.2 Å². The molecule has 0 amide bonds. The van der Waals surface area contributed by atoms with Gasteiger partial charge in [-0.1, -0.05) is 11.2 Å². The zero-order valence-corrected chi connectivity index (χ0v) is 16.1. The van der Waals surface area contributed by atoms with E-state index in [9.17, 15) is 18.0 Å². The molecule has 4 rings (SSSR count). The molecule has 0 saturated heterocycles. The van der Waals surface area contributed by atoms with Crippen LogP contribution in [-0.4, -0.2) is 30.9 Å². The summed E-state index contributed by atoms with van der Waals surface area (Å²) in [4.78, 5) is 21.1. The first-order valence-electron chi connectivity index (χ1n) is 8.45. The highest BCUT2D eigenvalue weighted by Crippen LogP contribution is 2.29. The number of nitrogens with zero attached hydrogens (tertiary/aromatic N) is 5. The van der Waals surface area contributed by atoms with Crippen molar-refractivity contribution in [2.75, 3.05) is 0 Å². The smallest absolute Gasteiger partial charge is 0.417 e. The van der Waals surface area contributed by atoms with Crippen LogP contribution >= 0.6 is 11.3 Å². The second-order valence-corrected chi connectivity index (χ2v) is 6.98. The fourth-order valence-electron chi connectivity index (χ4n) is 2.54. The quantitative estimate of drug-likeness (QED) is 0.436. The zero-order chi connectivity index (χ0) is 21.3. The molecule has 4 aromatic heterocycles. The van der Waals surface area contributed by atoms with Crippen LogP contribution in [0.4, 0.5) is 13.2 Å². The van der Waals surface area contributed by atoms with E-state index in [4.69, 9.17) is 9.26 Å². The number of carbonyl (C=O) groups is 1. The van der Waals surface area contributed by atoms with E-state index in [0.717, 1.165) is 10.9 Å². The van der Waals surface area contributed by atoms with Gasteiger partial charge in [-0.2, -0.15) is 23.3 Å². The van der Waals surface area contributed by atoms with Crippen molar-refractivity contribution in [1.29, 1.82) is 0 Å². The molecule has 0 atom stereocenters. The molecule has 0 bridgehead atoms. The number of aromatic nitrogens is 5. The fourth-order valence-corrected chi connectivity index (χ4v) is 3.19. The van der Waals surface area contributed by atoms with Crippen molar-refractivity contribution in [3.8, 4) is 16.6 Å². The van der Waals surface area contributed by atoms with Crippen LogP contribution in [-0.2, 0) is 17.5 Å². The van der Waals surface area contributed by atoms with Gasteiger partial charge < -0.3 is 9.26 Å². The lowest BCUT2D eigenvalue weighted by molar-refractivity contribution is -0.137. The van der Waals surface area contributed by atoms with Crippen molar-refractivity contribution in [1.82, 2.24) is 24.9 Å². The summed E-state index contributed by atoms with van der Waals surface area (Å²) in [5.41, 5.74) is -0.379. The van der Waals surface area contributed by atoms with Crippen LogP contribution in [0.1, 0.15) is 27.4 Å². The standard InChI is InChI=1S/C18H12F3N5O3S/c1-10-12(8-23-26(10)15-5-4-11(7-22-15)18(19,20)21)17(27)28-9-14-24-16(29-25-14)13-3-2-6-30-13/h2-8H,9H2,1H3. The van der Waals surface area contributed by atoms with Crippen LogP contribution in [0.25, 0.3) is 16.6 Å². The molecule has 4 heterocycles. The highest BCUT2D eigenvalue weighted by atomic mass is 32.1. The van der Waals surface area contributed by atoms with Gasteiger partial charge in [0.25, 0.3) is 5.89 Å². The van der Waals surface area contributed by atoms with Crippen molar-refractivity contribution < 1.29 is 27.2 Å². The number of pyridine rings is 1. The van der Waals surface area contributed by atoms with Gasteiger partial charge in [0.05, 0.1) is 22.3 Å². The van der Waals surface area contributed by atoms with Crippen LogP contribution < -0.4 is 0 Å². The van der Waals surface area contributed by atoms with Crippen LogP contribution in [0.2, 0.25) is 0 Å². The van der Waals surface area contributed by atoms with E-state index in [1.54, 1.807) is 6.92 Å². The number of hydrogen-bond donors (Lipinski definition) is 0. The monoisotopic (exact) mass is 435 g/mol. The maximum Gasteiger partial charge on any atom is 0.417 e. The van der Waals surface area contributed by atoms with Crippen LogP contribution in [0.3, 0.4) is 0 Å². The molecule has 30 heavy (non-hydrogen) atoms. The zero-order valence-electron chi connectivity index (χ0n) is 15.3. The van der Waals surface area contributed by atoms with Gasteiger partial charge >= 0.3 is 12.1 Å². The van der Waals surface area contributed by atoms with Crippen molar-refractivity contribution in [3.05, 3.63) is 64.7 Å². The Bertz CT molecular complexity index is 1170. The fraction of sp³-hybridized carbons (Fsp3) is 0.167. The number of hydrogen-bond acceptors (Lipinski definition) is 8. The molecule has 0 unspecified atom stereocenters. The lowest BCUT2D eigenvalue weighted by atomic mass is 10.2. The summed E-state index contributed by atoms with van der Waals surface area (Å²) >= 11 is 1.43. The first-order valence-corrected chi connectivity index (χ1v) is 9.33. The van der Waals surface area contributed by atoms with Gasteiger partial charge in [0, 0.05) is 6.20 Å². The molecule has 0 saturated carbocycles. The molecule has 154 valence electrons. The molecule has 12 heteroatoms. The summed E-state index contributed by atoms with van der Waals surface area (Å²) in [6, 6.07) is 5.73. The van der Waals surface area contributed by atoms with E-state index in [1.165, 1.54) is 28.3 Å². The Labute approximate surface area is 170 Å². The van der Waals surface area contributed by atoms with Gasteiger partial charge in [-0.15, -0.1) is 11.3 Å². The van der Waals surface area contributed by atoms with Crippen LogP contribution in [0.15, 0.2) is 46.6 Å². The van der Waals surface area contributed by atoms with E-state index in [-0.39, 0.29) is 23.8 Å². The summed E-state index contributed by atoms with van der Waals surface area (Å²) < 4.78 is 49.6. The van der Waals surface area contributed by atoms with Gasteiger partial charge in [0.1, 0.15) is 5.56 Å². The molecule has 0 radical (unpaired) electrons. The number of alkyl halides is 3. The van der Waals surface area contributed by atoms with E-state index in [0.29, 0.717) is 17.8 Å². The van der Waals surface area contributed by atoms with Crippen molar-refractivity contribution >= 4 is 17.3 Å². The Hall–Kier alpha value is -3.54. The Kier molecular flexibility index (Phi) is 5.08. The van der Waals surface area contributed by atoms with Gasteiger partial charge in [-0.3, -0.25) is 0 Å². The molecule has 0 N–H and O–H groups in total. The number of rotatable bonds is 5. The summed E-state index contributed by atoms with van der Waals surface area (Å²) in [5, 5.41) is 9.64. The average molecular weight is 435 g/mol. The third-order valence-corrected chi connectivity index (χ3v) is 4.91. The molecule has 8 nitrogen and oxygen atoms in total. The van der Waals surface area contributed by atoms with Crippen molar-refractivity contribution in [2.24, 2.45) is 0 Å². The maximum absolute atomic E-state index is 12.7. The topological polar surface area (TPSA) is 95.9 Å². The third kappa shape index (κ3) is 3.94. The maximum atomic E-state index is 12.7. The predicted molar refractivity (Wildman–Crippen MR) is 97.8 cm³/mol. The minimum absolute atomic E-state index is 0.137. The van der Waals surface area contributed by atoms with Crippen molar-refractivity contribution in [3.63, 3.8) is 0 Å².